The molecule has 0 spiro atoms. The molecule has 0 unspecified atom stereocenters. The highest BCUT2D eigenvalue weighted by Gasteiger charge is 2.19. The Bertz CT molecular complexity index is 644. The summed E-state index contributed by atoms with van der Waals surface area (Å²) < 4.78 is 15.0. The van der Waals surface area contributed by atoms with Gasteiger partial charge in [-0.1, -0.05) is 0 Å². The standard InChI is InChI=1S/C13H13NO5/c1-17-10-4-7-8(6-15)12(13(16)19-3)14-9(7)5-11(10)18-2/h4-6,14H,1-3H3. The highest BCUT2D eigenvalue weighted by Crippen LogP contribution is 2.34. The number of aldehydes is 1. The number of ether oxygens (including phenoxy) is 3. The number of hydrogen-bond acceptors (Lipinski definition) is 5. The lowest BCUT2D eigenvalue weighted by molar-refractivity contribution is 0.0593. The van der Waals surface area contributed by atoms with Crippen LogP contribution in [0.15, 0.2) is 12.1 Å². The summed E-state index contributed by atoms with van der Waals surface area (Å²) in [6, 6.07) is 3.30. The van der Waals surface area contributed by atoms with Crippen LogP contribution in [0.5, 0.6) is 11.5 Å². The molecule has 0 saturated heterocycles. The van der Waals surface area contributed by atoms with Crippen LogP contribution in [0.1, 0.15) is 20.8 Å². The Kier molecular flexibility index (Phi) is 3.41. The number of nitrogens with one attached hydrogen (secondary N) is 1. The molecule has 1 aromatic carbocycles. The molecular formula is C13H13NO5. The van der Waals surface area contributed by atoms with E-state index in [1.54, 1.807) is 12.1 Å². The van der Waals surface area contributed by atoms with E-state index in [2.05, 4.69) is 9.72 Å². The number of esters is 1. The smallest absolute Gasteiger partial charge is 0.355 e. The molecule has 6 nitrogen and oxygen atoms in total. The van der Waals surface area contributed by atoms with Crippen molar-refractivity contribution in [1.82, 2.24) is 4.98 Å². The van der Waals surface area contributed by atoms with Gasteiger partial charge in [-0.15, -0.1) is 0 Å². The second-order valence-electron chi connectivity index (χ2n) is 3.78. The summed E-state index contributed by atoms with van der Waals surface area (Å²) in [4.78, 5) is 25.6. The van der Waals surface area contributed by atoms with Crippen molar-refractivity contribution in [3.05, 3.63) is 23.4 Å². The summed E-state index contributed by atoms with van der Waals surface area (Å²) in [5.41, 5.74) is 0.950. The van der Waals surface area contributed by atoms with Gasteiger partial charge in [0.15, 0.2) is 17.8 Å². The quantitative estimate of drug-likeness (QED) is 0.672. The van der Waals surface area contributed by atoms with E-state index >= 15 is 0 Å². The van der Waals surface area contributed by atoms with Crippen LogP contribution in [-0.4, -0.2) is 38.6 Å². The van der Waals surface area contributed by atoms with E-state index < -0.39 is 5.97 Å². The maximum atomic E-state index is 11.6. The van der Waals surface area contributed by atoms with Crippen molar-refractivity contribution < 1.29 is 23.8 Å². The number of rotatable bonds is 4. The Morgan fingerprint density at radius 2 is 1.79 bits per heavy atom. The van der Waals surface area contributed by atoms with Crippen molar-refractivity contribution in [2.75, 3.05) is 21.3 Å². The largest absolute Gasteiger partial charge is 0.493 e. The van der Waals surface area contributed by atoms with Gasteiger partial charge in [-0.3, -0.25) is 4.79 Å². The minimum absolute atomic E-state index is 0.114. The van der Waals surface area contributed by atoms with Gasteiger partial charge < -0.3 is 19.2 Å². The van der Waals surface area contributed by atoms with Crippen LogP contribution >= 0.6 is 0 Å². The molecule has 0 aliphatic rings. The highest BCUT2D eigenvalue weighted by atomic mass is 16.5. The summed E-state index contributed by atoms with van der Waals surface area (Å²) >= 11 is 0. The average molecular weight is 263 g/mol. The van der Waals surface area contributed by atoms with Crippen LogP contribution in [0, 0.1) is 0 Å². The van der Waals surface area contributed by atoms with E-state index in [0.717, 1.165) is 0 Å². The van der Waals surface area contributed by atoms with E-state index in [4.69, 9.17) is 9.47 Å². The number of carbonyl (C=O) groups excluding carboxylic acids is 2. The van der Waals surface area contributed by atoms with Crippen LogP contribution in [0.4, 0.5) is 0 Å². The number of aromatic nitrogens is 1. The molecule has 6 heteroatoms. The number of methoxy groups -OCH3 is 3. The normalized spacial score (nSPS) is 10.3. The molecule has 19 heavy (non-hydrogen) atoms. The van der Waals surface area contributed by atoms with Crippen molar-refractivity contribution in [3.8, 4) is 11.5 Å². The van der Waals surface area contributed by atoms with E-state index in [1.165, 1.54) is 21.3 Å². The Hall–Kier alpha value is -2.50. The molecule has 2 rings (SSSR count). The first-order valence-corrected chi connectivity index (χ1v) is 5.47. The monoisotopic (exact) mass is 263 g/mol. The van der Waals surface area contributed by atoms with E-state index in [-0.39, 0.29) is 11.3 Å². The lowest BCUT2D eigenvalue weighted by Gasteiger charge is -2.07. The number of fused-ring (bicyclic) bond motifs is 1. The molecule has 0 fully saturated rings. The van der Waals surface area contributed by atoms with Crippen molar-refractivity contribution in [1.29, 1.82) is 0 Å². The summed E-state index contributed by atoms with van der Waals surface area (Å²) in [6.07, 6.45) is 0.608. The first-order chi connectivity index (χ1) is 9.15. The Balaban J connectivity index is 2.76. The predicted octanol–water partition coefficient (Wildman–Crippen LogP) is 1.78. The predicted molar refractivity (Wildman–Crippen MR) is 68.1 cm³/mol. The van der Waals surface area contributed by atoms with Crippen LogP contribution in [-0.2, 0) is 4.74 Å². The number of aromatic amines is 1. The van der Waals surface area contributed by atoms with E-state index in [1.807, 2.05) is 0 Å². The van der Waals surface area contributed by atoms with E-state index in [0.29, 0.717) is 28.7 Å². The van der Waals surface area contributed by atoms with Crippen molar-refractivity contribution in [2.45, 2.75) is 0 Å². The van der Waals surface area contributed by atoms with Gasteiger partial charge in [0.05, 0.1) is 32.4 Å². The molecule has 1 heterocycles. The average Bonchev–Trinajstić information content (AvgIpc) is 2.81. The minimum Gasteiger partial charge on any atom is -0.493 e. The molecule has 2 aromatic rings. The topological polar surface area (TPSA) is 77.6 Å². The third-order valence-electron chi connectivity index (χ3n) is 2.85. The van der Waals surface area contributed by atoms with Gasteiger partial charge in [0.25, 0.3) is 0 Å². The second-order valence-corrected chi connectivity index (χ2v) is 3.78. The zero-order valence-corrected chi connectivity index (χ0v) is 10.8. The Morgan fingerprint density at radius 1 is 1.16 bits per heavy atom. The third kappa shape index (κ3) is 2.01. The fourth-order valence-electron chi connectivity index (χ4n) is 1.93. The molecule has 1 aromatic heterocycles. The summed E-state index contributed by atoms with van der Waals surface area (Å²) in [7, 11) is 4.26. The van der Waals surface area contributed by atoms with Crippen molar-refractivity contribution in [2.24, 2.45) is 0 Å². The van der Waals surface area contributed by atoms with Crippen LogP contribution in [0.3, 0.4) is 0 Å². The number of benzene rings is 1. The maximum Gasteiger partial charge on any atom is 0.355 e. The first-order valence-electron chi connectivity index (χ1n) is 5.47. The van der Waals surface area contributed by atoms with Crippen molar-refractivity contribution >= 4 is 23.2 Å². The molecule has 0 amide bonds. The molecular weight excluding hydrogens is 250 g/mol. The molecule has 0 atom stereocenters. The van der Waals surface area contributed by atoms with Gasteiger partial charge in [0, 0.05) is 11.5 Å². The third-order valence-corrected chi connectivity index (χ3v) is 2.85. The molecule has 0 aliphatic carbocycles. The number of carbonyl (C=O) groups is 2. The van der Waals surface area contributed by atoms with Gasteiger partial charge in [-0.2, -0.15) is 0 Å². The van der Waals surface area contributed by atoms with Crippen LogP contribution in [0.25, 0.3) is 10.9 Å². The lowest BCUT2D eigenvalue weighted by atomic mass is 10.1. The van der Waals surface area contributed by atoms with Crippen LogP contribution in [0.2, 0.25) is 0 Å². The fourth-order valence-corrected chi connectivity index (χ4v) is 1.93. The molecule has 0 radical (unpaired) electrons. The number of H-pyrrole nitrogens is 1. The van der Waals surface area contributed by atoms with Gasteiger partial charge in [-0.25, -0.2) is 4.79 Å². The zero-order valence-electron chi connectivity index (χ0n) is 10.8. The van der Waals surface area contributed by atoms with Gasteiger partial charge >= 0.3 is 5.97 Å². The first kappa shape index (κ1) is 12.9. The molecule has 0 aliphatic heterocycles. The molecule has 1 N–H and O–H groups in total. The lowest BCUT2D eigenvalue weighted by Crippen LogP contribution is -2.04. The summed E-state index contributed by atoms with van der Waals surface area (Å²) in [5, 5.41) is 0.577. The summed E-state index contributed by atoms with van der Waals surface area (Å²) in [5.74, 6) is 0.384. The molecule has 0 saturated carbocycles. The maximum absolute atomic E-state index is 11.6. The molecule has 100 valence electrons. The van der Waals surface area contributed by atoms with Crippen molar-refractivity contribution in [3.63, 3.8) is 0 Å². The van der Waals surface area contributed by atoms with Gasteiger partial charge in [0.2, 0.25) is 0 Å². The highest BCUT2D eigenvalue weighted by molar-refractivity contribution is 6.08. The minimum atomic E-state index is -0.601. The number of hydrogen-bond donors (Lipinski definition) is 1. The SMILES string of the molecule is COC(=O)c1[nH]c2cc(OC)c(OC)cc2c1C=O. The molecule has 0 bridgehead atoms. The zero-order chi connectivity index (χ0) is 14.0. The van der Waals surface area contributed by atoms with E-state index in [9.17, 15) is 9.59 Å². The van der Waals surface area contributed by atoms with Crippen LogP contribution < -0.4 is 9.47 Å². The summed E-state index contributed by atoms with van der Waals surface area (Å²) in [6.45, 7) is 0. The Morgan fingerprint density at radius 3 is 2.32 bits per heavy atom. The van der Waals surface area contributed by atoms with Gasteiger partial charge in [0.1, 0.15) is 5.69 Å². The fraction of sp³-hybridized carbons (Fsp3) is 0.231. The second kappa shape index (κ2) is 5.01. The Labute approximate surface area is 109 Å². The van der Waals surface area contributed by atoms with Gasteiger partial charge in [-0.05, 0) is 6.07 Å².